The largest absolute Gasteiger partial charge is 0.368 e. The number of nitrogens with zero attached hydrogens (tertiary/aromatic N) is 1. The van der Waals surface area contributed by atoms with Gasteiger partial charge in [0, 0.05) is 19.2 Å². The van der Waals surface area contributed by atoms with Crippen LogP contribution in [0.5, 0.6) is 0 Å². The van der Waals surface area contributed by atoms with Crippen LogP contribution in [-0.2, 0) is 9.53 Å². The lowest BCUT2D eigenvalue weighted by molar-refractivity contribution is -0.145. The Hall–Kier alpha value is -0.610. The lowest BCUT2D eigenvalue weighted by Crippen LogP contribution is -2.50. The van der Waals surface area contributed by atoms with Crippen LogP contribution in [0, 0.1) is 5.92 Å². The Balaban J connectivity index is 2.01. The highest BCUT2D eigenvalue weighted by Crippen LogP contribution is 2.24. The van der Waals surface area contributed by atoms with Crippen LogP contribution >= 0.6 is 0 Å². The summed E-state index contributed by atoms with van der Waals surface area (Å²) in [5.41, 5.74) is 0. The molecule has 18 heavy (non-hydrogen) atoms. The molecule has 0 aliphatic carbocycles. The third-order valence-corrected chi connectivity index (χ3v) is 4.13. The summed E-state index contributed by atoms with van der Waals surface area (Å²) in [7, 11) is 0. The quantitative estimate of drug-likeness (QED) is 0.824. The van der Waals surface area contributed by atoms with Gasteiger partial charge < -0.3 is 15.0 Å². The highest BCUT2D eigenvalue weighted by molar-refractivity contribution is 5.81. The number of hydrogen-bond donors (Lipinski definition) is 1. The number of nitrogens with one attached hydrogen (secondary N) is 1. The molecule has 0 radical (unpaired) electrons. The average molecular weight is 254 g/mol. The number of carbonyl (C=O) groups is 1. The van der Waals surface area contributed by atoms with E-state index >= 15 is 0 Å². The lowest BCUT2D eigenvalue weighted by Gasteiger charge is -2.36. The maximum Gasteiger partial charge on any atom is 0.252 e. The second kappa shape index (κ2) is 6.53. The van der Waals surface area contributed by atoms with E-state index in [0.29, 0.717) is 12.0 Å². The van der Waals surface area contributed by atoms with E-state index in [1.165, 1.54) is 0 Å². The van der Waals surface area contributed by atoms with Gasteiger partial charge in [0.15, 0.2) is 0 Å². The van der Waals surface area contributed by atoms with Crippen molar-refractivity contribution < 1.29 is 9.53 Å². The minimum atomic E-state index is -0.188. The topological polar surface area (TPSA) is 41.6 Å². The molecule has 104 valence electrons. The van der Waals surface area contributed by atoms with Gasteiger partial charge in [0.25, 0.3) is 5.91 Å². The van der Waals surface area contributed by atoms with Crippen molar-refractivity contribution in [2.45, 2.75) is 51.7 Å². The van der Waals surface area contributed by atoms with Crippen LogP contribution in [0.3, 0.4) is 0 Å². The molecule has 2 fully saturated rings. The van der Waals surface area contributed by atoms with Crippen molar-refractivity contribution in [3.8, 4) is 0 Å². The van der Waals surface area contributed by atoms with Gasteiger partial charge >= 0.3 is 0 Å². The number of carbonyl (C=O) groups excluding carboxylic acids is 1. The molecule has 4 heteroatoms. The molecule has 2 atom stereocenters. The molecule has 2 saturated heterocycles. The number of hydrogen-bond acceptors (Lipinski definition) is 3. The fraction of sp³-hybridized carbons (Fsp3) is 0.929. The Kier molecular flexibility index (Phi) is 5.01. The molecule has 0 aromatic heterocycles. The standard InChI is InChI=1S/C14H26N2O2/c1-3-9-16(12-4-7-15-8-5-12)14(17)13-11(2)6-10-18-13/h11-13,15H,3-10H2,1-2H3. The third-order valence-electron chi connectivity index (χ3n) is 4.13. The summed E-state index contributed by atoms with van der Waals surface area (Å²) < 4.78 is 5.64. The van der Waals surface area contributed by atoms with Crippen molar-refractivity contribution in [3.63, 3.8) is 0 Å². The van der Waals surface area contributed by atoms with Gasteiger partial charge in [0.2, 0.25) is 0 Å². The molecule has 2 aliphatic rings. The van der Waals surface area contributed by atoms with Crippen molar-refractivity contribution in [2.75, 3.05) is 26.2 Å². The maximum absolute atomic E-state index is 12.6. The average Bonchev–Trinajstić information content (AvgIpc) is 2.82. The van der Waals surface area contributed by atoms with E-state index in [0.717, 1.165) is 51.9 Å². The second-order valence-corrected chi connectivity index (χ2v) is 5.57. The SMILES string of the molecule is CCCN(C(=O)C1OCCC1C)C1CCNCC1. The van der Waals surface area contributed by atoms with Crippen molar-refractivity contribution in [2.24, 2.45) is 5.92 Å². The van der Waals surface area contributed by atoms with Gasteiger partial charge in [-0.15, -0.1) is 0 Å². The smallest absolute Gasteiger partial charge is 0.252 e. The Labute approximate surface area is 110 Å². The summed E-state index contributed by atoms with van der Waals surface area (Å²) in [6.07, 6.45) is 4.01. The van der Waals surface area contributed by atoms with E-state index in [-0.39, 0.29) is 12.0 Å². The van der Waals surface area contributed by atoms with Crippen molar-refractivity contribution in [1.29, 1.82) is 0 Å². The van der Waals surface area contributed by atoms with Crippen LogP contribution in [0.2, 0.25) is 0 Å². The predicted molar refractivity (Wildman–Crippen MR) is 71.4 cm³/mol. The molecular formula is C14H26N2O2. The van der Waals surface area contributed by atoms with Gasteiger partial charge in [-0.2, -0.15) is 0 Å². The van der Waals surface area contributed by atoms with E-state index in [4.69, 9.17) is 4.74 Å². The zero-order valence-electron chi connectivity index (χ0n) is 11.7. The third kappa shape index (κ3) is 3.04. The van der Waals surface area contributed by atoms with Crippen molar-refractivity contribution in [1.82, 2.24) is 10.2 Å². The second-order valence-electron chi connectivity index (χ2n) is 5.57. The number of rotatable bonds is 4. The van der Waals surface area contributed by atoms with Crippen LogP contribution < -0.4 is 5.32 Å². The first-order chi connectivity index (χ1) is 8.74. The fourth-order valence-corrected chi connectivity index (χ4v) is 3.01. The maximum atomic E-state index is 12.6. The first kappa shape index (κ1) is 13.8. The molecule has 0 spiro atoms. The minimum absolute atomic E-state index is 0.188. The Morgan fingerprint density at radius 1 is 1.33 bits per heavy atom. The molecule has 2 rings (SSSR count). The number of piperidine rings is 1. The van der Waals surface area contributed by atoms with Crippen LogP contribution in [0.25, 0.3) is 0 Å². The Bertz CT molecular complexity index is 277. The molecule has 0 aromatic rings. The van der Waals surface area contributed by atoms with Gasteiger partial charge in [-0.3, -0.25) is 4.79 Å². The van der Waals surface area contributed by atoms with Gasteiger partial charge in [0.05, 0.1) is 0 Å². The van der Waals surface area contributed by atoms with Crippen LogP contribution in [0.1, 0.15) is 39.5 Å². The Morgan fingerprint density at radius 3 is 2.61 bits per heavy atom. The number of ether oxygens (including phenoxy) is 1. The van der Waals surface area contributed by atoms with E-state index in [1.54, 1.807) is 0 Å². The zero-order valence-corrected chi connectivity index (χ0v) is 11.7. The normalized spacial score (nSPS) is 29.4. The van der Waals surface area contributed by atoms with Gasteiger partial charge in [0.1, 0.15) is 6.10 Å². The first-order valence-electron chi connectivity index (χ1n) is 7.36. The molecule has 1 amide bonds. The molecular weight excluding hydrogens is 228 g/mol. The van der Waals surface area contributed by atoms with Crippen LogP contribution in [0.15, 0.2) is 0 Å². The van der Waals surface area contributed by atoms with E-state index in [1.807, 2.05) is 0 Å². The van der Waals surface area contributed by atoms with E-state index < -0.39 is 0 Å². The molecule has 1 N–H and O–H groups in total. The summed E-state index contributed by atoms with van der Waals surface area (Å²) >= 11 is 0. The molecule has 0 saturated carbocycles. The zero-order chi connectivity index (χ0) is 13.0. The number of amides is 1. The minimum Gasteiger partial charge on any atom is -0.368 e. The highest BCUT2D eigenvalue weighted by Gasteiger charge is 2.36. The summed E-state index contributed by atoms with van der Waals surface area (Å²) in [6.45, 7) is 7.93. The van der Waals surface area contributed by atoms with E-state index in [2.05, 4.69) is 24.1 Å². The molecule has 4 nitrogen and oxygen atoms in total. The molecule has 2 heterocycles. The van der Waals surface area contributed by atoms with Crippen LogP contribution in [-0.4, -0.2) is 49.2 Å². The summed E-state index contributed by atoms with van der Waals surface area (Å²) in [5.74, 6) is 0.604. The van der Waals surface area contributed by atoms with Gasteiger partial charge in [-0.25, -0.2) is 0 Å². The summed E-state index contributed by atoms with van der Waals surface area (Å²) in [5, 5.41) is 3.36. The van der Waals surface area contributed by atoms with Crippen LogP contribution in [0.4, 0.5) is 0 Å². The molecule has 2 unspecified atom stereocenters. The fourth-order valence-electron chi connectivity index (χ4n) is 3.01. The van der Waals surface area contributed by atoms with Crippen molar-refractivity contribution >= 4 is 5.91 Å². The summed E-state index contributed by atoms with van der Waals surface area (Å²) in [4.78, 5) is 14.7. The van der Waals surface area contributed by atoms with Crippen molar-refractivity contribution in [3.05, 3.63) is 0 Å². The summed E-state index contributed by atoms with van der Waals surface area (Å²) in [6, 6.07) is 0.412. The molecule has 2 aliphatic heterocycles. The molecule has 0 aromatic carbocycles. The lowest BCUT2D eigenvalue weighted by atomic mass is 9.99. The molecule has 0 bridgehead atoms. The highest BCUT2D eigenvalue weighted by atomic mass is 16.5. The monoisotopic (exact) mass is 254 g/mol. The van der Waals surface area contributed by atoms with E-state index in [9.17, 15) is 4.79 Å². The predicted octanol–water partition coefficient (Wildman–Crippen LogP) is 1.40. The Morgan fingerprint density at radius 2 is 2.06 bits per heavy atom. The first-order valence-corrected chi connectivity index (χ1v) is 7.36. The van der Waals surface area contributed by atoms with Gasteiger partial charge in [-0.1, -0.05) is 13.8 Å². The van der Waals surface area contributed by atoms with Gasteiger partial charge in [-0.05, 0) is 44.7 Å².